The zero-order valence-electron chi connectivity index (χ0n) is 16.8. The van der Waals surface area contributed by atoms with E-state index in [1.165, 1.54) is 5.56 Å². The smallest absolute Gasteiger partial charge is 0.306 e. The van der Waals surface area contributed by atoms with Gasteiger partial charge in [-0.1, -0.05) is 49.4 Å². The topological polar surface area (TPSA) is 84.5 Å². The van der Waals surface area contributed by atoms with Crippen molar-refractivity contribution in [1.29, 1.82) is 0 Å². The maximum Gasteiger partial charge on any atom is 0.306 e. The summed E-state index contributed by atoms with van der Waals surface area (Å²) in [5.74, 6) is -0.968. The molecule has 0 atom stereocenters. The first kappa shape index (κ1) is 22.1. The van der Waals surface area contributed by atoms with E-state index in [2.05, 4.69) is 10.6 Å². The maximum atomic E-state index is 12.2. The quantitative estimate of drug-likeness (QED) is 0.448. The van der Waals surface area contributed by atoms with Crippen LogP contribution >= 0.6 is 0 Å². The molecule has 0 bridgehead atoms. The minimum absolute atomic E-state index is 0.00136. The third-order valence-corrected chi connectivity index (χ3v) is 4.25. The van der Waals surface area contributed by atoms with E-state index in [0.717, 1.165) is 19.3 Å². The Morgan fingerprint density at radius 1 is 0.931 bits per heavy atom. The monoisotopic (exact) mass is 396 g/mol. The summed E-state index contributed by atoms with van der Waals surface area (Å²) in [6, 6.07) is 16.8. The summed E-state index contributed by atoms with van der Waals surface area (Å²) in [7, 11) is 0. The van der Waals surface area contributed by atoms with Crippen LogP contribution in [0.25, 0.3) is 0 Å². The van der Waals surface area contributed by atoms with Gasteiger partial charge >= 0.3 is 5.97 Å². The third-order valence-electron chi connectivity index (χ3n) is 4.25. The zero-order chi connectivity index (χ0) is 20.9. The molecule has 2 rings (SSSR count). The highest BCUT2D eigenvalue weighted by molar-refractivity contribution is 6.04. The van der Waals surface area contributed by atoms with Crippen molar-refractivity contribution in [2.45, 2.75) is 39.0 Å². The molecule has 6 heteroatoms. The number of hydrogen-bond donors (Lipinski definition) is 2. The lowest BCUT2D eigenvalue weighted by Crippen LogP contribution is -2.26. The second-order valence-electron chi connectivity index (χ2n) is 6.66. The first-order chi connectivity index (χ1) is 14.1. The van der Waals surface area contributed by atoms with Crippen molar-refractivity contribution in [1.82, 2.24) is 5.32 Å². The molecule has 0 saturated heterocycles. The summed E-state index contributed by atoms with van der Waals surface area (Å²) in [5.41, 5.74) is 2.03. The number of nitrogens with one attached hydrogen (secondary N) is 2. The predicted molar refractivity (Wildman–Crippen MR) is 113 cm³/mol. The van der Waals surface area contributed by atoms with Crippen molar-refractivity contribution in [3.8, 4) is 0 Å². The van der Waals surface area contributed by atoms with E-state index in [1.807, 2.05) is 37.3 Å². The van der Waals surface area contributed by atoms with E-state index in [1.54, 1.807) is 24.3 Å². The number of carbonyl (C=O) groups excluding carboxylic acids is 3. The molecule has 0 heterocycles. The third kappa shape index (κ3) is 8.17. The molecule has 6 nitrogen and oxygen atoms in total. The Labute approximate surface area is 171 Å². The number of benzene rings is 2. The molecule has 0 aliphatic carbocycles. The Morgan fingerprint density at radius 3 is 2.41 bits per heavy atom. The van der Waals surface area contributed by atoms with Gasteiger partial charge in [0.05, 0.1) is 24.3 Å². The van der Waals surface area contributed by atoms with Crippen molar-refractivity contribution in [3.63, 3.8) is 0 Å². The second kappa shape index (κ2) is 12.3. The van der Waals surface area contributed by atoms with Crippen molar-refractivity contribution >= 4 is 23.5 Å². The molecule has 29 heavy (non-hydrogen) atoms. The average Bonchev–Trinajstić information content (AvgIpc) is 2.74. The minimum atomic E-state index is -0.401. The number of esters is 1. The average molecular weight is 396 g/mol. The Morgan fingerprint density at radius 2 is 1.66 bits per heavy atom. The largest absolute Gasteiger partial charge is 0.466 e. The van der Waals surface area contributed by atoms with Crippen LogP contribution in [0.15, 0.2) is 54.6 Å². The van der Waals surface area contributed by atoms with Gasteiger partial charge in [-0.15, -0.1) is 0 Å². The fourth-order valence-corrected chi connectivity index (χ4v) is 2.73. The normalized spacial score (nSPS) is 10.2. The molecule has 154 valence electrons. The Kier molecular flexibility index (Phi) is 9.42. The van der Waals surface area contributed by atoms with Gasteiger partial charge in [0.15, 0.2) is 0 Å². The Bertz CT molecular complexity index is 806. The number of ether oxygens (including phenoxy) is 1. The van der Waals surface area contributed by atoms with Crippen LogP contribution in [0.5, 0.6) is 0 Å². The summed E-state index contributed by atoms with van der Waals surface area (Å²) >= 11 is 0. The van der Waals surface area contributed by atoms with Crippen LogP contribution in [-0.2, 0) is 20.7 Å². The molecule has 2 N–H and O–H groups in total. The number of amides is 2. The van der Waals surface area contributed by atoms with Crippen LogP contribution in [0.2, 0.25) is 0 Å². The highest BCUT2D eigenvalue weighted by atomic mass is 16.5. The van der Waals surface area contributed by atoms with Crippen LogP contribution in [0, 0.1) is 0 Å². The Hall–Kier alpha value is -3.15. The maximum absolute atomic E-state index is 12.2. The van der Waals surface area contributed by atoms with Crippen LogP contribution in [0.1, 0.15) is 48.5 Å². The van der Waals surface area contributed by atoms with Gasteiger partial charge < -0.3 is 15.4 Å². The summed E-state index contributed by atoms with van der Waals surface area (Å²) in [6.45, 7) is 2.86. The fourth-order valence-electron chi connectivity index (χ4n) is 2.73. The van der Waals surface area contributed by atoms with Gasteiger partial charge in [0.25, 0.3) is 5.91 Å². The van der Waals surface area contributed by atoms with Gasteiger partial charge in [-0.25, -0.2) is 0 Å². The van der Waals surface area contributed by atoms with Crippen molar-refractivity contribution < 1.29 is 19.1 Å². The molecule has 0 aliphatic rings. The number of anilines is 1. The van der Waals surface area contributed by atoms with Gasteiger partial charge in [0.1, 0.15) is 0 Å². The minimum Gasteiger partial charge on any atom is -0.466 e. The highest BCUT2D eigenvalue weighted by Gasteiger charge is 2.14. The van der Waals surface area contributed by atoms with E-state index in [4.69, 9.17) is 4.74 Å². The molecule has 2 aromatic carbocycles. The summed E-state index contributed by atoms with van der Waals surface area (Å²) in [5, 5.41) is 5.49. The van der Waals surface area contributed by atoms with E-state index >= 15 is 0 Å². The van der Waals surface area contributed by atoms with Gasteiger partial charge in [-0.05, 0) is 37.0 Å². The van der Waals surface area contributed by atoms with Crippen LogP contribution in [0.4, 0.5) is 5.69 Å². The van der Waals surface area contributed by atoms with E-state index in [9.17, 15) is 14.4 Å². The van der Waals surface area contributed by atoms with Gasteiger partial charge in [-0.3, -0.25) is 14.4 Å². The second-order valence-corrected chi connectivity index (χ2v) is 6.66. The summed E-state index contributed by atoms with van der Waals surface area (Å²) in [6.07, 6.45) is 2.41. The molecule has 0 unspecified atom stereocenters. The van der Waals surface area contributed by atoms with Crippen LogP contribution in [0.3, 0.4) is 0 Å². The number of hydrogen-bond acceptors (Lipinski definition) is 4. The molecule has 0 spiro atoms. The standard InChI is InChI=1S/C23H28N2O4/c1-2-16-24-23(28)19-12-6-7-13-20(19)25-21(26)14-15-22(27)29-17-8-11-18-9-4-3-5-10-18/h3-7,9-10,12-13H,2,8,11,14-17H2,1H3,(H,24,28)(H,25,26). The first-order valence-electron chi connectivity index (χ1n) is 9.96. The lowest BCUT2D eigenvalue weighted by molar-refractivity contribution is -0.144. The first-order valence-corrected chi connectivity index (χ1v) is 9.96. The summed E-state index contributed by atoms with van der Waals surface area (Å²) < 4.78 is 5.19. The van der Waals surface area contributed by atoms with E-state index in [-0.39, 0.29) is 24.7 Å². The lowest BCUT2D eigenvalue weighted by Gasteiger charge is -2.11. The lowest BCUT2D eigenvalue weighted by atomic mass is 10.1. The number of para-hydroxylation sites is 1. The number of rotatable bonds is 11. The van der Waals surface area contributed by atoms with E-state index in [0.29, 0.717) is 24.4 Å². The molecule has 2 amide bonds. The van der Waals surface area contributed by atoms with Gasteiger partial charge in [0, 0.05) is 13.0 Å². The molecule has 0 fully saturated rings. The SMILES string of the molecule is CCCNC(=O)c1ccccc1NC(=O)CCC(=O)OCCCc1ccccc1. The van der Waals surface area contributed by atoms with Gasteiger partial charge in [0.2, 0.25) is 5.91 Å². The van der Waals surface area contributed by atoms with Crippen molar-refractivity contribution in [3.05, 3.63) is 65.7 Å². The molecule has 0 aliphatic heterocycles. The number of carbonyl (C=O) groups is 3. The Balaban J connectivity index is 1.71. The highest BCUT2D eigenvalue weighted by Crippen LogP contribution is 2.15. The fraction of sp³-hybridized carbons (Fsp3) is 0.348. The zero-order valence-corrected chi connectivity index (χ0v) is 16.8. The van der Waals surface area contributed by atoms with Crippen molar-refractivity contribution in [2.24, 2.45) is 0 Å². The molecule has 0 radical (unpaired) electrons. The molecular formula is C23H28N2O4. The molecule has 0 aromatic heterocycles. The van der Waals surface area contributed by atoms with Crippen LogP contribution < -0.4 is 10.6 Å². The van der Waals surface area contributed by atoms with E-state index < -0.39 is 5.97 Å². The molecule has 0 saturated carbocycles. The number of aryl methyl sites for hydroxylation is 1. The molecule has 2 aromatic rings. The molecular weight excluding hydrogens is 368 g/mol. The van der Waals surface area contributed by atoms with Crippen LogP contribution in [-0.4, -0.2) is 30.9 Å². The summed E-state index contributed by atoms with van der Waals surface area (Å²) in [4.78, 5) is 36.2. The predicted octanol–water partition coefficient (Wildman–Crippen LogP) is 3.72. The van der Waals surface area contributed by atoms with Crippen molar-refractivity contribution in [2.75, 3.05) is 18.5 Å². The van der Waals surface area contributed by atoms with Gasteiger partial charge in [-0.2, -0.15) is 0 Å².